The van der Waals surface area contributed by atoms with E-state index in [1.165, 1.54) is 11.6 Å². The van der Waals surface area contributed by atoms with Crippen LogP contribution in [0.5, 0.6) is 5.75 Å². The molecule has 0 radical (unpaired) electrons. The number of Topliss-reactive ketones (excluding diaryl/α,β-unsaturated/α-hetero) is 1. The van der Waals surface area contributed by atoms with E-state index < -0.39 is 17.0 Å². The maximum Gasteiger partial charge on any atom is 0.244 e. The lowest BCUT2D eigenvalue weighted by Gasteiger charge is -2.22. The number of nitrogens with two attached hydrogens (primary N) is 1. The molecule has 1 heterocycles. The molecule has 0 bridgehead atoms. The largest absolute Gasteiger partial charge is 0.491 e. The lowest BCUT2D eigenvalue weighted by Crippen LogP contribution is -2.41. The molecule has 130 valence electrons. The minimum absolute atomic E-state index is 0.103. The third kappa shape index (κ3) is 3.41. The Balaban J connectivity index is 2.60. The molecule has 1 aromatic heterocycles. The first kappa shape index (κ1) is 17.9. The summed E-state index contributed by atoms with van der Waals surface area (Å²) in [5.74, 6) is -0.268. The van der Waals surface area contributed by atoms with Gasteiger partial charge in [-0.3, -0.25) is 9.59 Å². The summed E-state index contributed by atoms with van der Waals surface area (Å²) in [5, 5.41) is 14.7. The van der Waals surface area contributed by atoms with Gasteiger partial charge >= 0.3 is 0 Å². The van der Waals surface area contributed by atoms with E-state index in [0.717, 1.165) is 0 Å². The Bertz CT molecular complexity index is 800. The van der Waals surface area contributed by atoms with Gasteiger partial charge in [-0.2, -0.15) is 5.10 Å². The number of hydrogen-bond donors (Lipinski definition) is 2. The van der Waals surface area contributed by atoms with Gasteiger partial charge in [-0.1, -0.05) is 0 Å². The van der Waals surface area contributed by atoms with Crippen LogP contribution in [0.1, 0.15) is 45.1 Å². The van der Waals surface area contributed by atoms with Crippen molar-refractivity contribution in [2.75, 3.05) is 6.61 Å². The third-order valence-electron chi connectivity index (χ3n) is 3.71. The Morgan fingerprint density at radius 2 is 1.92 bits per heavy atom. The molecule has 2 rings (SSSR count). The maximum atomic E-state index is 11.9. The molecule has 24 heavy (non-hydrogen) atoms. The van der Waals surface area contributed by atoms with Crippen LogP contribution in [0.15, 0.2) is 18.2 Å². The van der Waals surface area contributed by atoms with Crippen LogP contribution in [0.3, 0.4) is 0 Å². The molecule has 1 amide bonds. The van der Waals surface area contributed by atoms with Crippen molar-refractivity contribution in [3.63, 3.8) is 0 Å². The summed E-state index contributed by atoms with van der Waals surface area (Å²) in [7, 11) is 0. The van der Waals surface area contributed by atoms with Crippen molar-refractivity contribution in [2.24, 2.45) is 5.73 Å². The summed E-state index contributed by atoms with van der Waals surface area (Å²) in [6.45, 7) is 8.07. The number of nitrogens with zero attached hydrogens (tertiary/aromatic N) is 2. The van der Waals surface area contributed by atoms with E-state index in [-0.39, 0.29) is 18.1 Å². The third-order valence-corrected chi connectivity index (χ3v) is 3.71. The fourth-order valence-corrected chi connectivity index (χ4v) is 2.23. The molecule has 1 aromatic carbocycles. The summed E-state index contributed by atoms with van der Waals surface area (Å²) < 4.78 is 7.03. The van der Waals surface area contributed by atoms with E-state index in [1.54, 1.807) is 45.9 Å². The second-order valence-corrected chi connectivity index (χ2v) is 7.02. The minimum atomic E-state index is -1.11. The van der Waals surface area contributed by atoms with Gasteiger partial charge in [-0.15, -0.1) is 0 Å². The number of hydrogen-bond acceptors (Lipinski definition) is 5. The summed E-state index contributed by atoms with van der Waals surface area (Å²) in [5.41, 5.74) is 4.23. The average molecular weight is 333 g/mol. The molecule has 2 aromatic rings. The number of ketones is 1. The Labute approximate surface area is 140 Å². The van der Waals surface area contributed by atoms with Crippen LogP contribution in [0, 0.1) is 0 Å². The molecule has 0 unspecified atom stereocenters. The number of primary amides is 1. The van der Waals surface area contributed by atoms with Gasteiger partial charge in [0.2, 0.25) is 5.91 Å². The number of carbonyl (C=O) groups is 2. The number of ether oxygens (including phenoxy) is 1. The zero-order chi connectivity index (χ0) is 18.3. The van der Waals surface area contributed by atoms with Gasteiger partial charge in [0.1, 0.15) is 23.6 Å². The van der Waals surface area contributed by atoms with E-state index in [0.29, 0.717) is 16.7 Å². The number of carbonyl (C=O) groups excluding carboxylic acids is 2. The Morgan fingerprint density at radius 3 is 2.42 bits per heavy atom. The first-order valence-corrected chi connectivity index (χ1v) is 7.63. The van der Waals surface area contributed by atoms with Gasteiger partial charge in [-0.25, -0.2) is 4.68 Å². The lowest BCUT2D eigenvalue weighted by atomic mass is 10.0. The van der Waals surface area contributed by atoms with Gasteiger partial charge in [0.15, 0.2) is 5.78 Å². The first-order chi connectivity index (χ1) is 10.9. The monoisotopic (exact) mass is 333 g/mol. The number of amides is 1. The lowest BCUT2D eigenvalue weighted by molar-refractivity contribution is -0.125. The number of benzene rings is 1. The summed E-state index contributed by atoms with van der Waals surface area (Å²) in [4.78, 5) is 23.7. The molecule has 0 aliphatic heterocycles. The maximum absolute atomic E-state index is 11.9. The SMILES string of the molecule is CC(=O)c1nn(C(C)(C)C(N)=O)c2cc(OCC(C)(C)O)ccc12. The topological polar surface area (TPSA) is 107 Å². The molecule has 7 heteroatoms. The van der Waals surface area contributed by atoms with E-state index >= 15 is 0 Å². The highest BCUT2D eigenvalue weighted by atomic mass is 16.5. The normalized spacial score (nSPS) is 12.4. The highest BCUT2D eigenvalue weighted by molar-refractivity contribution is 6.05. The molecule has 0 saturated heterocycles. The smallest absolute Gasteiger partial charge is 0.244 e. The molecule has 3 N–H and O–H groups in total. The minimum Gasteiger partial charge on any atom is -0.491 e. The molecule has 0 saturated carbocycles. The predicted molar refractivity (Wildman–Crippen MR) is 90.0 cm³/mol. The van der Waals surface area contributed by atoms with Crippen LogP contribution in [0.25, 0.3) is 10.9 Å². The van der Waals surface area contributed by atoms with Gasteiger partial charge in [0, 0.05) is 18.4 Å². The second kappa shape index (κ2) is 5.90. The zero-order valence-electron chi connectivity index (χ0n) is 14.6. The molecule has 0 fully saturated rings. The number of aromatic nitrogens is 2. The zero-order valence-corrected chi connectivity index (χ0v) is 14.6. The Morgan fingerprint density at radius 1 is 1.29 bits per heavy atom. The van der Waals surface area contributed by atoms with Crippen molar-refractivity contribution in [3.05, 3.63) is 23.9 Å². The van der Waals surface area contributed by atoms with E-state index in [1.807, 2.05) is 0 Å². The van der Waals surface area contributed by atoms with Crippen LogP contribution in [-0.4, -0.2) is 38.8 Å². The van der Waals surface area contributed by atoms with Crippen LogP contribution >= 0.6 is 0 Å². The fraction of sp³-hybridized carbons (Fsp3) is 0.471. The van der Waals surface area contributed by atoms with E-state index in [2.05, 4.69) is 5.10 Å². The van der Waals surface area contributed by atoms with Crippen molar-refractivity contribution in [2.45, 2.75) is 45.8 Å². The van der Waals surface area contributed by atoms with E-state index in [4.69, 9.17) is 10.5 Å². The first-order valence-electron chi connectivity index (χ1n) is 7.63. The van der Waals surface area contributed by atoms with Crippen LogP contribution < -0.4 is 10.5 Å². The highest BCUT2D eigenvalue weighted by Gasteiger charge is 2.31. The summed E-state index contributed by atoms with van der Waals surface area (Å²) >= 11 is 0. The molecular formula is C17H23N3O4. The van der Waals surface area contributed by atoms with E-state index in [9.17, 15) is 14.7 Å². The molecule has 0 aliphatic carbocycles. The Hall–Kier alpha value is -2.41. The summed E-state index contributed by atoms with van der Waals surface area (Å²) in [6.07, 6.45) is 0. The Kier molecular flexibility index (Phi) is 4.41. The summed E-state index contributed by atoms with van der Waals surface area (Å²) in [6, 6.07) is 5.10. The van der Waals surface area contributed by atoms with Gasteiger partial charge in [0.25, 0.3) is 0 Å². The van der Waals surface area contributed by atoms with Crippen LogP contribution in [0.2, 0.25) is 0 Å². The standard InChI is InChI=1S/C17H23N3O4/c1-10(21)14-12-7-6-11(24-9-16(2,3)23)8-13(12)20(19-14)17(4,5)15(18)22/h6-8,23H,9H2,1-5H3,(H2,18,22). The molecule has 7 nitrogen and oxygen atoms in total. The molecule has 0 atom stereocenters. The average Bonchev–Trinajstić information content (AvgIpc) is 2.83. The number of rotatable bonds is 6. The van der Waals surface area contributed by atoms with Gasteiger partial charge in [-0.05, 0) is 39.8 Å². The van der Waals surface area contributed by atoms with Crippen molar-refractivity contribution < 1.29 is 19.4 Å². The van der Waals surface area contributed by atoms with Gasteiger partial charge < -0.3 is 15.6 Å². The second-order valence-electron chi connectivity index (χ2n) is 7.02. The van der Waals surface area contributed by atoms with Crippen molar-refractivity contribution in [1.82, 2.24) is 9.78 Å². The van der Waals surface area contributed by atoms with Crippen molar-refractivity contribution in [3.8, 4) is 5.75 Å². The van der Waals surface area contributed by atoms with Crippen molar-refractivity contribution in [1.29, 1.82) is 0 Å². The molecule has 0 spiro atoms. The van der Waals surface area contributed by atoms with Crippen LogP contribution in [0.4, 0.5) is 0 Å². The molecular weight excluding hydrogens is 310 g/mol. The molecule has 0 aliphatic rings. The van der Waals surface area contributed by atoms with Gasteiger partial charge in [0.05, 0.1) is 11.1 Å². The number of aliphatic hydroxyl groups is 1. The van der Waals surface area contributed by atoms with Crippen LogP contribution in [-0.2, 0) is 10.3 Å². The highest BCUT2D eigenvalue weighted by Crippen LogP contribution is 2.29. The number of fused-ring (bicyclic) bond motifs is 1. The predicted octanol–water partition coefficient (Wildman–Crippen LogP) is 1.61. The fourth-order valence-electron chi connectivity index (χ4n) is 2.23. The quantitative estimate of drug-likeness (QED) is 0.781. The van der Waals surface area contributed by atoms with Crippen molar-refractivity contribution >= 4 is 22.6 Å².